The first-order chi connectivity index (χ1) is 6.25. The number of nitrogens with zero attached hydrogens (tertiary/aromatic N) is 1. The van der Waals surface area contributed by atoms with Crippen molar-refractivity contribution in [2.75, 3.05) is 13.1 Å². The Morgan fingerprint density at radius 2 is 2.15 bits per heavy atom. The Morgan fingerprint density at radius 3 is 2.85 bits per heavy atom. The van der Waals surface area contributed by atoms with Crippen molar-refractivity contribution >= 4 is 5.91 Å². The van der Waals surface area contributed by atoms with Crippen molar-refractivity contribution in [3.63, 3.8) is 0 Å². The Labute approximate surface area is 79.3 Å². The molecular formula is C10H18N2O. The molecule has 0 bridgehead atoms. The van der Waals surface area contributed by atoms with Gasteiger partial charge in [-0.3, -0.25) is 4.79 Å². The number of carbonyl (C=O) groups excluding carboxylic acids is 1. The van der Waals surface area contributed by atoms with Crippen LogP contribution in [0.4, 0.5) is 0 Å². The molecule has 0 aromatic rings. The number of rotatable bonds is 2. The van der Waals surface area contributed by atoms with E-state index in [1.54, 1.807) is 0 Å². The van der Waals surface area contributed by atoms with Crippen LogP contribution in [0.2, 0.25) is 0 Å². The van der Waals surface area contributed by atoms with Gasteiger partial charge in [0.2, 0.25) is 5.91 Å². The van der Waals surface area contributed by atoms with Gasteiger partial charge in [-0.25, -0.2) is 0 Å². The van der Waals surface area contributed by atoms with E-state index in [0.29, 0.717) is 12.3 Å². The number of nitrogens with two attached hydrogens (primary N) is 1. The molecule has 0 radical (unpaired) electrons. The van der Waals surface area contributed by atoms with Crippen molar-refractivity contribution in [2.45, 2.75) is 38.1 Å². The van der Waals surface area contributed by atoms with Gasteiger partial charge in [-0.05, 0) is 31.6 Å². The van der Waals surface area contributed by atoms with Gasteiger partial charge in [0, 0.05) is 25.6 Å². The van der Waals surface area contributed by atoms with Crippen molar-refractivity contribution in [1.82, 2.24) is 4.90 Å². The summed E-state index contributed by atoms with van der Waals surface area (Å²) in [4.78, 5) is 13.6. The quantitative estimate of drug-likeness (QED) is 0.684. The summed E-state index contributed by atoms with van der Waals surface area (Å²) >= 11 is 0. The Kier molecular flexibility index (Phi) is 2.54. The van der Waals surface area contributed by atoms with E-state index in [9.17, 15) is 4.79 Å². The molecule has 0 spiro atoms. The summed E-state index contributed by atoms with van der Waals surface area (Å²) in [5, 5.41) is 0. The number of hydrogen-bond acceptors (Lipinski definition) is 2. The summed E-state index contributed by atoms with van der Waals surface area (Å²) in [7, 11) is 0. The molecule has 1 aliphatic heterocycles. The average molecular weight is 182 g/mol. The number of amides is 1. The first-order valence-electron chi connectivity index (χ1n) is 5.29. The van der Waals surface area contributed by atoms with E-state index >= 15 is 0 Å². The van der Waals surface area contributed by atoms with Crippen LogP contribution in [0.15, 0.2) is 0 Å². The minimum Gasteiger partial charge on any atom is -0.341 e. The molecule has 2 fully saturated rings. The third-order valence-electron chi connectivity index (χ3n) is 2.95. The van der Waals surface area contributed by atoms with E-state index in [4.69, 9.17) is 5.73 Å². The van der Waals surface area contributed by atoms with Crippen LogP contribution in [0.1, 0.15) is 32.1 Å². The first kappa shape index (κ1) is 9.00. The second-order valence-corrected chi connectivity index (χ2v) is 4.39. The SMILES string of the molecule is NC1CCCC(=O)N(CC2CC2)C1. The first-order valence-corrected chi connectivity index (χ1v) is 5.29. The molecule has 1 atom stereocenters. The smallest absolute Gasteiger partial charge is 0.222 e. The van der Waals surface area contributed by atoms with E-state index in [-0.39, 0.29) is 6.04 Å². The van der Waals surface area contributed by atoms with Crippen molar-refractivity contribution in [3.8, 4) is 0 Å². The molecule has 1 unspecified atom stereocenters. The van der Waals surface area contributed by atoms with Crippen LogP contribution in [0.3, 0.4) is 0 Å². The van der Waals surface area contributed by atoms with Gasteiger partial charge in [-0.1, -0.05) is 0 Å². The van der Waals surface area contributed by atoms with E-state index in [1.807, 2.05) is 4.90 Å². The lowest BCUT2D eigenvalue weighted by atomic mass is 10.1. The molecule has 1 amide bonds. The predicted octanol–water partition coefficient (Wildman–Crippen LogP) is 0.736. The average Bonchev–Trinajstić information content (AvgIpc) is 2.86. The Morgan fingerprint density at radius 1 is 1.38 bits per heavy atom. The van der Waals surface area contributed by atoms with Crippen LogP contribution in [-0.2, 0) is 4.79 Å². The molecule has 3 heteroatoms. The maximum absolute atomic E-state index is 11.6. The molecule has 2 aliphatic rings. The summed E-state index contributed by atoms with van der Waals surface area (Å²) in [6, 6.07) is 0.213. The standard InChI is InChI=1S/C10H18N2O/c11-9-2-1-3-10(13)12(7-9)6-8-4-5-8/h8-9H,1-7,11H2. The summed E-state index contributed by atoms with van der Waals surface area (Å²) in [5.41, 5.74) is 5.89. The highest BCUT2D eigenvalue weighted by Crippen LogP contribution is 2.30. The summed E-state index contributed by atoms with van der Waals surface area (Å²) in [5.74, 6) is 1.11. The van der Waals surface area contributed by atoms with E-state index < -0.39 is 0 Å². The fourth-order valence-electron chi connectivity index (χ4n) is 1.94. The zero-order chi connectivity index (χ0) is 9.26. The molecule has 74 valence electrons. The van der Waals surface area contributed by atoms with Crippen LogP contribution in [-0.4, -0.2) is 29.9 Å². The zero-order valence-electron chi connectivity index (χ0n) is 8.04. The van der Waals surface area contributed by atoms with Gasteiger partial charge in [-0.2, -0.15) is 0 Å². The second kappa shape index (κ2) is 3.66. The van der Waals surface area contributed by atoms with E-state index in [2.05, 4.69) is 0 Å². The molecule has 0 aromatic heterocycles. The van der Waals surface area contributed by atoms with Gasteiger partial charge in [0.15, 0.2) is 0 Å². The van der Waals surface area contributed by atoms with Gasteiger partial charge in [-0.15, -0.1) is 0 Å². The fourth-order valence-corrected chi connectivity index (χ4v) is 1.94. The largest absolute Gasteiger partial charge is 0.341 e. The van der Waals surface area contributed by atoms with Crippen LogP contribution < -0.4 is 5.73 Å². The molecule has 13 heavy (non-hydrogen) atoms. The molecule has 1 aliphatic carbocycles. The third-order valence-corrected chi connectivity index (χ3v) is 2.95. The lowest BCUT2D eigenvalue weighted by Crippen LogP contribution is -2.39. The van der Waals surface area contributed by atoms with Crippen molar-refractivity contribution in [2.24, 2.45) is 11.7 Å². The molecule has 2 N–H and O–H groups in total. The van der Waals surface area contributed by atoms with Crippen molar-refractivity contribution < 1.29 is 4.79 Å². The minimum atomic E-state index is 0.213. The normalized spacial score (nSPS) is 30.4. The monoisotopic (exact) mass is 182 g/mol. The highest BCUT2D eigenvalue weighted by atomic mass is 16.2. The van der Waals surface area contributed by atoms with Gasteiger partial charge < -0.3 is 10.6 Å². The lowest BCUT2D eigenvalue weighted by Gasteiger charge is -2.22. The van der Waals surface area contributed by atoms with Crippen LogP contribution in [0.5, 0.6) is 0 Å². The van der Waals surface area contributed by atoms with Crippen molar-refractivity contribution in [3.05, 3.63) is 0 Å². The molecule has 1 saturated carbocycles. The summed E-state index contributed by atoms with van der Waals surface area (Å²) in [6.07, 6.45) is 5.30. The maximum atomic E-state index is 11.6. The number of hydrogen-bond donors (Lipinski definition) is 1. The molecule has 0 aromatic carbocycles. The third kappa shape index (κ3) is 2.44. The van der Waals surface area contributed by atoms with E-state index in [0.717, 1.165) is 31.8 Å². The van der Waals surface area contributed by atoms with Gasteiger partial charge >= 0.3 is 0 Å². The number of carbonyl (C=O) groups is 1. The van der Waals surface area contributed by atoms with E-state index in [1.165, 1.54) is 12.8 Å². The Bertz CT molecular complexity index is 201. The Balaban J connectivity index is 1.91. The van der Waals surface area contributed by atoms with Crippen LogP contribution in [0, 0.1) is 5.92 Å². The summed E-state index contributed by atoms with van der Waals surface area (Å²) < 4.78 is 0. The summed E-state index contributed by atoms with van der Waals surface area (Å²) in [6.45, 7) is 1.75. The molecule has 3 nitrogen and oxygen atoms in total. The molecule has 1 saturated heterocycles. The lowest BCUT2D eigenvalue weighted by molar-refractivity contribution is -0.131. The highest BCUT2D eigenvalue weighted by molar-refractivity contribution is 5.76. The Hall–Kier alpha value is -0.570. The second-order valence-electron chi connectivity index (χ2n) is 4.39. The topological polar surface area (TPSA) is 46.3 Å². The maximum Gasteiger partial charge on any atom is 0.222 e. The fraction of sp³-hybridized carbons (Fsp3) is 0.900. The van der Waals surface area contributed by atoms with Gasteiger partial charge in [0.1, 0.15) is 0 Å². The number of likely N-dealkylation sites (tertiary alicyclic amines) is 1. The van der Waals surface area contributed by atoms with Crippen LogP contribution >= 0.6 is 0 Å². The van der Waals surface area contributed by atoms with Crippen LogP contribution in [0.25, 0.3) is 0 Å². The molecule has 1 heterocycles. The van der Waals surface area contributed by atoms with Crippen molar-refractivity contribution in [1.29, 1.82) is 0 Å². The molecule has 2 rings (SSSR count). The van der Waals surface area contributed by atoms with Gasteiger partial charge in [0.25, 0.3) is 0 Å². The highest BCUT2D eigenvalue weighted by Gasteiger charge is 2.28. The van der Waals surface area contributed by atoms with Gasteiger partial charge in [0.05, 0.1) is 0 Å². The zero-order valence-corrected chi connectivity index (χ0v) is 8.04. The minimum absolute atomic E-state index is 0.213. The predicted molar refractivity (Wildman–Crippen MR) is 51.1 cm³/mol. The molecular weight excluding hydrogens is 164 g/mol.